The summed E-state index contributed by atoms with van der Waals surface area (Å²) in [4.78, 5) is 41.8. The Morgan fingerprint density at radius 2 is 1.68 bits per heavy atom. The molecule has 0 aliphatic carbocycles. The zero-order valence-electron chi connectivity index (χ0n) is 20.8. The van der Waals surface area contributed by atoms with Gasteiger partial charge in [0.25, 0.3) is 11.5 Å². The Hall–Kier alpha value is -4.64. The lowest BCUT2D eigenvalue weighted by Gasteiger charge is -2.13. The number of nitrogens with zero attached hydrogens (tertiary/aromatic N) is 3. The number of amides is 1. The van der Waals surface area contributed by atoms with Gasteiger partial charge in [-0.15, -0.1) is 0 Å². The second-order valence-electron chi connectivity index (χ2n) is 7.82. The molecule has 1 heterocycles. The van der Waals surface area contributed by atoms with Crippen molar-refractivity contribution in [3.63, 3.8) is 0 Å². The summed E-state index contributed by atoms with van der Waals surface area (Å²) in [5.41, 5.74) is 3.98. The normalized spacial score (nSPS) is 10.9. The predicted octanol–water partition coefficient (Wildman–Crippen LogP) is 3.57. The molecule has 10 nitrogen and oxygen atoms in total. The van der Waals surface area contributed by atoms with Gasteiger partial charge in [0.1, 0.15) is 0 Å². The van der Waals surface area contributed by atoms with Gasteiger partial charge in [0.05, 0.1) is 42.8 Å². The van der Waals surface area contributed by atoms with Gasteiger partial charge in [-0.05, 0) is 36.4 Å². The molecule has 38 heavy (non-hydrogen) atoms. The molecule has 194 valence electrons. The number of hydrazone groups is 1. The Kier molecular flexibility index (Phi) is 8.39. The standard InChI is InChI=1S/C27H24N4O6S/c1-17(32)37-25-22(35-2)13-18(14-23(25)36-3)15-28-30-24(33)16-38-27-29-21-12-8-7-11-20(21)26(34)31(27)19-9-5-4-6-10-19/h4-15H,16H2,1-3H3,(H,30,33). The van der Waals surface area contributed by atoms with Crippen LogP contribution >= 0.6 is 11.8 Å². The molecule has 4 rings (SSSR count). The van der Waals surface area contributed by atoms with E-state index in [1.54, 1.807) is 36.4 Å². The summed E-state index contributed by atoms with van der Waals surface area (Å²) in [6, 6.07) is 19.4. The summed E-state index contributed by atoms with van der Waals surface area (Å²) in [6.45, 7) is 1.27. The molecule has 0 fully saturated rings. The van der Waals surface area contributed by atoms with E-state index in [9.17, 15) is 14.4 Å². The van der Waals surface area contributed by atoms with Gasteiger partial charge in [0, 0.05) is 12.5 Å². The number of esters is 1. The van der Waals surface area contributed by atoms with Gasteiger partial charge in [0.2, 0.25) is 5.75 Å². The van der Waals surface area contributed by atoms with E-state index in [0.29, 0.717) is 27.3 Å². The average Bonchev–Trinajstić information content (AvgIpc) is 2.92. The molecule has 0 aliphatic heterocycles. The highest BCUT2D eigenvalue weighted by Gasteiger charge is 2.16. The van der Waals surface area contributed by atoms with Crippen LogP contribution < -0.4 is 25.2 Å². The van der Waals surface area contributed by atoms with E-state index in [2.05, 4.69) is 15.5 Å². The van der Waals surface area contributed by atoms with Crippen molar-refractivity contribution in [1.82, 2.24) is 15.0 Å². The maximum absolute atomic E-state index is 13.2. The highest BCUT2D eigenvalue weighted by molar-refractivity contribution is 7.99. The molecule has 4 aromatic rings. The second-order valence-corrected chi connectivity index (χ2v) is 8.76. The first kappa shape index (κ1) is 26.4. The zero-order chi connectivity index (χ0) is 27.1. The first-order valence-corrected chi connectivity index (χ1v) is 12.4. The maximum Gasteiger partial charge on any atom is 0.308 e. The van der Waals surface area contributed by atoms with E-state index in [-0.39, 0.29) is 28.6 Å². The average molecular weight is 533 g/mol. The number of rotatable bonds is 9. The van der Waals surface area contributed by atoms with Crippen LogP contribution in [0.3, 0.4) is 0 Å². The van der Waals surface area contributed by atoms with E-state index in [4.69, 9.17) is 14.2 Å². The number of hydrogen-bond donors (Lipinski definition) is 1. The van der Waals surface area contributed by atoms with Crippen molar-refractivity contribution in [3.05, 3.63) is 82.6 Å². The number of hydrogen-bond acceptors (Lipinski definition) is 9. The minimum atomic E-state index is -0.522. The van der Waals surface area contributed by atoms with Crippen LogP contribution in [0.5, 0.6) is 17.2 Å². The lowest BCUT2D eigenvalue weighted by Crippen LogP contribution is -2.24. The Morgan fingerprint density at radius 1 is 1.03 bits per heavy atom. The molecule has 0 spiro atoms. The topological polar surface area (TPSA) is 121 Å². The van der Waals surface area contributed by atoms with Gasteiger partial charge < -0.3 is 14.2 Å². The quantitative estimate of drug-likeness (QED) is 0.0867. The number of benzene rings is 3. The fraction of sp³-hybridized carbons (Fsp3) is 0.148. The first-order valence-electron chi connectivity index (χ1n) is 11.4. The predicted molar refractivity (Wildman–Crippen MR) is 145 cm³/mol. The van der Waals surface area contributed by atoms with Gasteiger partial charge >= 0.3 is 5.97 Å². The largest absolute Gasteiger partial charge is 0.493 e. The lowest BCUT2D eigenvalue weighted by molar-refractivity contribution is -0.132. The van der Waals surface area contributed by atoms with Crippen LogP contribution in [0.25, 0.3) is 16.6 Å². The number of carbonyl (C=O) groups is 2. The number of methoxy groups -OCH3 is 2. The molecular formula is C27H24N4O6S. The number of thioether (sulfide) groups is 1. The van der Waals surface area contributed by atoms with Crippen molar-refractivity contribution in [1.29, 1.82) is 0 Å². The Labute approximate surface area is 222 Å². The van der Waals surface area contributed by atoms with Crippen molar-refractivity contribution in [2.24, 2.45) is 5.10 Å². The van der Waals surface area contributed by atoms with Crippen LogP contribution in [-0.4, -0.2) is 47.6 Å². The number of aromatic nitrogens is 2. The SMILES string of the molecule is COc1cc(C=NNC(=O)CSc2nc3ccccc3c(=O)n2-c2ccccc2)cc(OC)c1OC(C)=O. The molecule has 0 radical (unpaired) electrons. The van der Waals surface area contributed by atoms with Gasteiger partial charge in [-0.3, -0.25) is 19.0 Å². The molecule has 11 heteroatoms. The van der Waals surface area contributed by atoms with Gasteiger partial charge in [-0.1, -0.05) is 42.1 Å². The van der Waals surface area contributed by atoms with E-state index in [1.807, 2.05) is 30.3 Å². The molecular weight excluding hydrogens is 508 g/mol. The van der Waals surface area contributed by atoms with Gasteiger partial charge in [-0.2, -0.15) is 5.10 Å². The summed E-state index contributed by atoms with van der Waals surface area (Å²) < 4.78 is 17.2. The minimum absolute atomic E-state index is 0.0347. The third-order valence-electron chi connectivity index (χ3n) is 5.22. The zero-order valence-corrected chi connectivity index (χ0v) is 21.7. The van der Waals surface area contributed by atoms with Crippen LogP contribution in [0.1, 0.15) is 12.5 Å². The minimum Gasteiger partial charge on any atom is -0.493 e. The van der Waals surface area contributed by atoms with E-state index in [0.717, 1.165) is 11.8 Å². The van der Waals surface area contributed by atoms with Crippen LogP contribution in [0.4, 0.5) is 0 Å². The van der Waals surface area contributed by atoms with Crippen molar-refractivity contribution < 1.29 is 23.8 Å². The van der Waals surface area contributed by atoms with Crippen LogP contribution in [-0.2, 0) is 9.59 Å². The number of nitrogens with one attached hydrogen (secondary N) is 1. The van der Waals surface area contributed by atoms with Gasteiger partial charge in [0.15, 0.2) is 16.7 Å². The lowest BCUT2D eigenvalue weighted by atomic mass is 10.2. The summed E-state index contributed by atoms with van der Waals surface area (Å²) in [6.07, 6.45) is 1.40. The number of para-hydroxylation sites is 2. The summed E-state index contributed by atoms with van der Waals surface area (Å²) in [5, 5.41) is 4.87. The number of ether oxygens (including phenoxy) is 3. The monoisotopic (exact) mass is 532 g/mol. The third-order valence-corrected chi connectivity index (χ3v) is 6.16. The number of carbonyl (C=O) groups excluding carboxylic acids is 2. The molecule has 0 aliphatic rings. The Balaban J connectivity index is 1.51. The molecule has 0 unspecified atom stereocenters. The maximum atomic E-state index is 13.2. The van der Waals surface area contributed by atoms with Crippen LogP contribution in [0.2, 0.25) is 0 Å². The summed E-state index contributed by atoms with van der Waals surface area (Å²) >= 11 is 1.12. The Bertz CT molecular complexity index is 1540. The van der Waals surface area contributed by atoms with Crippen molar-refractivity contribution in [3.8, 4) is 22.9 Å². The molecule has 0 saturated heterocycles. The fourth-order valence-corrected chi connectivity index (χ4v) is 4.38. The molecule has 1 amide bonds. The summed E-state index contributed by atoms with van der Waals surface area (Å²) in [5.74, 6) is -0.275. The first-order chi connectivity index (χ1) is 18.4. The molecule has 0 saturated carbocycles. The fourth-order valence-electron chi connectivity index (χ4n) is 3.57. The molecule has 1 aromatic heterocycles. The van der Waals surface area contributed by atoms with Crippen molar-refractivity contribution >= 4 is 40.8 Å². The smallest absolute Gasteiger partial charge is 0.308 e. The van der Waals surface area contributed by atoms with Crippen LogP contribution in [0, 0.1) is 0 Å². The van der Waals surface area contributed by atoms with E-state index < -0.39 is 11.9 Å². The second kappa shape index (κ2) is 12.1. The Morgan fingerprint density at radius 3 is 2.34 bits per heavy atom. The van der Waals surface area contributed by atoms with Crippen molar-refractivity contribution in [2.45, 2.75) is 12.1 Å². The van der Waals surface area contributed by atoms with Crippen molar-refractivity contribution in [2.75, 3.05) is 20.0 Å². The molecule has 0 atom stereocenters. The number of fused-ring (bicyclic) bond motifs is 1. The third kappa shape index (κ3) is 6.01. The molecule has 3 aromatic carbocycles. The highest BCUT2D eigenvalue weighted by atomic mass is 32.2. The van der Waals surface area contributed by atoms with E-state index >= 15 is 0 Å². The van der Waals surface area contributed by atoms with Gasteiger partial charge in [-0.25, -0.2) is 10.4 Å². The summed E-state index contributed by atoms with van der Waals surface area (Å²) in [7, 11) is 2.86. The van der Waals surface area contributed by atoms with Crippen LogP contribution in [0.15, 0.2) is 81.8 Å². The highest BCUT2D eigenvalue weighted by Crippen LogP contribution is 2.38. The molecule has 0 bridgehead atoms. The van der Waals surface area contributed by atoms with E-state index in [1.165, 1.54) is 31.9 Å². The molecule has 1 N–H and O–H groups in total.